The van der Waals surface area contributed by atoms with E-state index in [-0.39, 0.29) is 0 Å². The minimum absolute atomic E-state index is 0.503. The van der Waals surface area contributed by atoms with Gasteiger partial charge < -0.3 is 0 Å². The fourth-order valence-corrected chi connectivity index (χ4v) is 0.887. The number of rotatable bonds is 2. The van der Waals surface area contributed by atoms with Crippen molar-refractivity contribution in [1.82, 2.24) is 9.97 Å². The molecule has 0 aliphatic carbocycles. The zero-order valence-corrected chi connectivity index (χ0v) is 7.28. The average Bonchev–Trinajstić information content (AvgIpc) is 2.05. The number of hydrogen-bond acceptors (Lipinski definition) is 2. The molecule has 0 saturated carbocycles. The van der Waals surface area contributed by atoms with Crippen LogP contribution in [0.2, 0.25) is 0 Å². The van der Waals surface area contributed by atoms with Crippen LogP contribution in [0.4, 0.5) is 0 Å². The fourth-order valence-electron chi connectivity index (χ4n) is 0.887. The van der Waals surface area contributed by atoms with Gasteiger partial charge >= 0.3 is 0 Å². The maximum absolute atomic E-state index is 4.24. The molecule has 1 rings (SSSR count). The maximum atomic E-state index is 4.24. The van der Waals surface area contributed by atoms with Crippen LogP contribution in [0.25, 0.3) is 0 Å². The summed E-state index contributed by atoms with van der Waals surface area (Å²) in [4.78, 5) is 8.26. The second kappa shape index (κ2) is 3.46. The lowest BCUT2D eigenvalue weighted by Crippen LogP contribution is -2.04. The summed E-state index contributed by atoms with van der Waals surface area (Å²) < 4.78 is 0. The highest BCUT2D eigenvalue weighted by atomic mass is 14.8. The van der Waals surface area contributed by atoms with Gasteiger partial charge in [-0.2, -0.15) is 0 Å². The fraction of sp³-hybridized carbons (Fsp3) is 0.556. The normalized spacial score (nSPS) is 13.5. The van der Waals surface area contributed by atoms with Crippen LogP contribution < -0.4 is 0 Å². The van der Waals surface area contributed by atoms with Crippen molar-refractivity contribution in [2.45, 2.75) is 26.7 Å². The number of nitrogens with zero attached hydrogens (tertiary/aromatic N) is 2. The Labute approximate surface area is 67.7 Å². The van der Waals surface area contributed by atoms with E-state index in [4.69, 9.17) is 0 Å². The first-order chi connectivity index (χ1) is 5.22. The first-order valence-corrected chi connectivity index (χ1v) is 3.97. The van der Waals surface area contributed by atoms with E-state index in [1.807, 2.05) is 6.20 Å². The summed E-state index contributed by atoms with van der Waals surface area (Å²) in [5.74, 6) is 1.13. The van der Waals surface area contributed by atoms with E-state index >= 15 is 0 Å². The molecule has 1 heterocycles. The molecule has 0 N–H and O–H groups in total. The molecule has 2 nitrogen and oxygen atoms in total. The van der Waals surface area contributed by atoms with E-state index in [0.29, 0.717) is 11.8 Å². The van der Waals surface area contributed by atoms with Crippen molar-refractivity contribution in [2.24, 2.45) is 5.92 Å². The van der Waals surface area contributed by atoms with E-state index in [1.54, 1.807) is 12.4 Å². The Morgan fingerprint density at radius 3 is 2.36 bits per heavy atom. The third kappa shape index (κ3) is 2.00. The van der Waals surface area contributed by atoms with Crippen molar-refractivity contribution >= 4 is 0 Å². The molecule has 1 aromatic rings. The van der Waals surface area contributed by atoms with Crippen LogP contribution in [0.15, 0.2) is 18.6 Å². The van der Waals surface area contributed by atoms with Crippen molar-refractivity contribution in [3.05, 3.63) is 24.3 Å². The molecule has 2 heteroatoms. The smallest absolute Gasteiger partial charge is 0.0617 e. The molecule has 11 heavy (non-hydrogen) atoms. The summed E-state index contributed by atoms with van der Waals surface area (Å²) in [5, 5.41) is 0. The van der Waals surface area contributed by atoms with E-state index < -0.39 is 0 Å². The summed E-state index contributed by atoms with van der Waals surface area (Å²) in [6, 6.07) is 0. The highest BCUT2D eigenvalue weighted by Crippen LogP contribution is 2.19. The van der Waals surface area contributed by atoms with Gasteiger partial charge in [0.1, 0.15) is 0 Å². The molecule has 0 aromatic carbocycles. The Morgan fingerprint density at radius 2 is 1.91 bits per heavy atom. The van der Waals surface area contributed by atoms with Gasteiger partial charge in [-0.15, -0.1) is 0 Å². The Balaban J connectivity index is 2.77. The van der Waals surface area contributed by atoms with Gasteiger partial charge in [0.25, 0.3) is 0 Å². The lowest BCUT2D eigenvalue weighted by atomic mass is 9.95. The van der Waals surface area contributed by atoms with E-state index in [1.165, 1.54) is 0 Å². The van der Waals surface area contributed by atoms with Gasteiger partial charge in [0.05, 0.1) is 5.69 Å². The van der Waals surface area contributed by atoms with Crippen molar-refractivity contribution in [1.29, 1.82) is 0 Å². The highest BCUT2D eigenvalue weighted by molar-refractivity contribution is 5.02. The van der Waals surface area contributed by atoms with Crippen LogP contribution in [0.5, 0.6) is 0 Å². The maximum Gasteiger partial charge on any atom is 0.0617 e. The van der Waals surface area contributed by atoms with Gasteiger partial charge in [0.15, 0.2) is 0 Å². The largest absolute Gasteiger partial charge is 0.261 e. The highest BCUT2D eigenvalue weighted by Gasteiger charge is 2.10. The van der Waals surface area contributed by atoms with Crippen molar-refractivity contribution in [2.75, 3.05) is 0 Å². The van der Waals surface area contributed by atoms with Crippen LogP contribution in [-0.4, -0.2) is 9.97 Å². The summed E-state index contributed by atoms with van der Waals surface area (Å²) in [5.41, 5.74) is 1.09. The number of hydrogen-bond donors (Lipinski definition) is 0. The van der Waals surface area contributed by atoms with E-state index in [9.17, 15) is 0 Å². The predicted octanol–water partition coefficient (Wildman–Crippen LogP) is 2.24. The molecule has 0 spiro atoms. The zero-order valence-electron chi connectivity index (χ0n) is 7.28. The summed E-state index contributed by atoms with van der Waals surface area (Å²) >= 11 is 0. The molecule has 1 unspecified atom stereocenters. The molecule has 0 aliphatic rings. The summed E-state index contributed by atoms with van der Waals surface area (Å²) in [6.45, 7) is 6.56. The van der Waals surface area contributed by atoms with Gasteiger partial charge in [0.2, 0.25) is 0 Å². The van der Waals surface area contributed by atoms with Gasteiger partial charge in [-0.3, -0.25) is 9.97 Å². The second-order valence-corrected chi connectivity index (χ2v) is 3.16. The van der Waals surface area contributed by atoms with Gasteiger partial charge in [-0.05, 0) is 5.92 Å². The van der Waals surface area contributed by atoms with Crippen molar-refractivity contribution < 1.29 is 0 Å². The van der Waals surface area contributed by atoms with Crippen molar-refractivity contribution in [3.63, 3.8) is 0 Å². The first kappa shape index (κ1) is 8.18. The lowest BCUT2D eigenvalue weighted by molar-refractivity contribution is 0.522. The molecule has 0 radical (unpaired) electrons. The molecule has 0 amide bonds. The summed E-state index contributed by atoms with van der Waals surface area (Å²) in [7, 11) is 0. The van der Waals surface area contributed by atoms with Crippen LogP contribution in [0, 0.1) is 5.92 Å². The van der Waals surface area contributed by atoms with Crippen LogP contribution in [-0.2, 0) is 0 Å². The first-order valence-electron chi connectivity index (χ1n) is 3.97. The molecule has 0 bridgehead atoms. The zero-order chi connectivity index (χ0) is 8.27. The van der Waals surface area contributed by atoms with E-state index in [0.717, 1.165) is 5.69 Å². The van der Waals surface area contributed by atoms with E-state index in [2.05, 4.69) is 30.7 Å². The van der Waals surface area contributed by atoms with Crippen LogP contribution in [0.1, 0.15) is 32.4 Å². The lowest BCUT2D eigenvalue weighted by Gasteiger charge is -2.13. The Hall–Kier alpha value is -0.920. The quantitative estimate of drug-likeness (QED) is 0.646. The second-order valence-electron chi connectivity index (χ2n) is 3.16. The molecular weight excluding hydrogens is 136 g/mol. The van der Waals surface area contributed by atoms with Gasteiger partial charge in [0, 0.05) is 24.5 Å². The minimum atomic E-state index is 0.503. The molecule has 60 valence electrons. The third-order valence-corrected chi connectivity index (χ3v) is 2.05. The van der Waals surface area contributed by atoms with Crippen molar-refractivity contribution in [3.8, 4) is 0 Å². The Kier molecular flexibility index (Phi) is 2.58. The SMILES string of the molecule is CC(C)C(C)c1cnccn1. The molecule has 0 aliphatic heterocycles. The molecule has 1 aromatic heterocycles. The molecule has 1 atom stereocenters. The molecular formula is C9H14N2. The third-order valence-electron chi connectivity index (χ3n) is 2.05. The van der Waals surface area contributed by atoms with Crippen LogP contribution >= 0.6 is 0 Å². The average molecular weight is 150 g/mol. The van der Waals surface area contributed by atoms with Crippen LogP contribution in [0.3, 0.4) is 0 Å². The monoisotopic (exact) mass is 150 g/mol. The minimum Gasteiger partial charge on any atom is -0.261 e. The number of aromatic nitrogens is 2. The van der Waals surface area contributed by atoms with Gasteiger partial charge in [-0.25, -0.2) is 0 Å². The molecule has 0 fully saturated rings. The van der Waals surface area contributed by atoms with Gasteiger partial charge in [-0.1, -0.05) is 20.8 Å². The Morgan fingerprint density at radius 1 is 1.18 bits per heavy atom. The standard InChI is InChI=1S/C9H14N2/c1-7(2)8(3)9-6-10-4-5-11-9/h4-8H,1-3H3. The topological polar surface area (TPSA) is 25.8 Å². The Bertz CT molecular complexity index is 206. The summed E-state index contributed by atoms with van der Waals surface area (Å²) in [6.07, 6.45) is 5.29. The predicted molar refractivity (Wildman–Crippen MR) is 45.3 cm³/mol. The molecule has 0 saturated heterocycles.